The van der Waals surface area contributed by atoms with Gasteiger partial charge in [-0.05, 0) is 38.8 Å². The molecule has 216 valence electrons. The van der Waals surface area contributed by atoms with E-state index in [1.54, 1.807) is 42.3 Å². The zero-order valence-electron chi connectivity index (χ0n) is 23.1. The molecular formula is C22H46N4O9Si2. The van der Waals surface area contributed by atoms with E-state index in [4.69, 9.17) is 22.4 Å². The highest BCUT2D eigenvalue weighted by molar-refractivity contribution is 6.44. The fourth-order valence-electron chi connectivity index (χ4n) is 3.23. The van der Waals surface area contributed by atoms with Crippen LogP contribution in [-0.4, -0.2) is 109 Å². The van der Waals surface area contributed by atoms with Crippen LogP contribution in [0, 0.1) is 0 Å². The Morgan fingerprint density at radius 2 is 0.973 bits per heavy atom. The first-order valence-electron chi connectivity index (χ1n) is 12.5. The molecule has 37 heavy (non-hydrogen) atoms. The Bertz CT molecular complexity index is 614. The summed E-state index contributed by atoms with van der Waals surface area (Å²) in [6, 6.07) is 0.906. The zero-order valence-corrected chi connectivity index (χ0v) is 25.4. The summed E-state index contributed by atoms with van der Waals surface area (Å²) in [5.41, 5.74) is 0. The summed E-state index contributed by atoms with van der Waals surface area (Å²) in [6.45, 7) is 4.84. The fourth-order valence-corrected chi connectivity index (χ4v) is 5.63. The summed E-state index contributed by atoms with van der Waals surface area (Å²) >= 11 is 0. The molecule has 0 aromatic rings. The molecule has 0 heterocycles. The minimum Gasteiger partial charge on any atom is -0.400 e. The van der Waals surface area contributed by atoms with E-state index in [1.807, 2.05) is 0 Å². The summed E-state index contributed by atoms with van der Waals surface area (Å²) < 4.78 is 26.4. The number of carbonyl (C=O) groups is 4. The van der Waals surface area contributed by atoms with Crippen molar-refractivity contribution in [3.8, 4) is 0 Å². The van der Waals surface area contributed by atoms with Crippen molar-refractivity contribution < 1.29 is 41.6 Å². The molecule has 0 aromatic carbocycles. The van der Waals surface area contributed by atoms with E-state index < -0.39 is 30.4 Å². The summed E-state index contributed by atoms with van der Waals surface area (Å²) in [7, 11) is 3.16. The van der Waals surface area contributed by atoms with Gasteiger partial charge in [0, 0.05) is 53.6 Å². The van der Waals surface area contributed by atoms with Crippen LogP contribution in [0.3, 0.4) is 0 Å². The van der Waals surface area contributed by atoms with Crippen molar-refractivity contribution in [1.82, 2.24) is 21.3 Å². The number of carbonyl (C=O) groups excluding carboxylic acids is 4. The first-order valence-corrected chi connectivity index (χ1v) is 16.0. The lowest BCUT2D eigenvalue weighted by Gasteiger charge is -2.18. The monoisotopic (exact) mass is 566 g/mol. The summed E-state index contributed by atoms with van der Waals surface area (Å²) in [5.74, 6) is -1.50. The Kier molecular flexibility index (Phi) is 21.0. The van der Waals surface area contributed by atoms with Gasteiger partial charge in [-0.1, -0.05) is 0 Å². The van der Waals surface area contributed by atoms with Crippen LogP contribution >= 0.6 is 0 Å². The van der Waals surface area contributed by atoms with E-state index in [-0.39, 0.29) is 50.0 Å². The van der Waals surface area contributed by atoms with Gasteiger partial charge >= 0.3 is 18.6 Å². The molecule has 2 atom stereocenters. The predicted octanol–water partition coefficient (Wildman–Crippen LogP) is -1.17. The Hall–Kier alpha value is -1.89. The van der Waals surface area contributed by atoms with Crippen molar-refractivity contribution in [3.63, 3.8) is 0 Å². The average molecular weight is 567 g/mol. The van der Waals surface area contributed by atoms with Crippen LogP contribution in [0.4, 0.5) is 0 Å². The van der Waals surface area contributed by atoms with E-state index >= 15 is 0 Å². The quantitative estimate of drug-likeness (QED) is 0.0719. The number of hydrogen-bond donors (Lipinski definition) is 4. The van der Waals surface area contributed by atoms with Crippen LogP contribution in [-0.2, 0) is 41.6 Å². The maximum absolute atomic E-state index is 12.0. The average Bonchev–Trinajstić information content (AvgIpc) is 2.83. The van der Waals surface area contributed by atoms with Crippen molar-refractivity contribution in [2.45, 2.75) is 63.7 Å². The molecule has 0 aliphatic heterocycles. The minimum atomic E-state index is -1.64. The van der Waals surface area contributed by atoms with Gasteiger partial charge in [-0.3, -0.25) is 19.2 Å². The first-order chi connectivity index (χ1) is 17.6. The molecule has 0 saturated carbocycles. The largest absolute Gasteiger partial charge is 0.400 e. The molecule has 0 aliphatic carbocycles. The number of ether oxygens (including phenoxy) is 1. The molecule has 2 unspecified atom stereocenters. The molecule has 13 nitrogen and oxygen atoms in total. The topological polar surface area (TPSA) is 163 Å². The second-order valence-corrected chi connectivity index (χ2v) is 13.4. The lowest BCUT2D eigenvalue weighted by atomic mass is 10.3. The molecule has 0 aliphatic rings. The van der Waals surface area contributed by atoms with Crippen molar-refractivity contribution in [2.75, 3.05) is 54.7 Å². The van der Waals surface area contributed by atoms with Crippen LogP contribution in [0.25, 0.3) is 0 Å². The van der Waals surface area contributed by atoms with E-state index in [0.29, 0.717) is 13.1 Å². The number of nitrogens with one attached hydrogen (secondary N) is 4. The Morgan fingerprint density at radius 3 is 1.30 bits per heavy atom. The third-order valence-electron chi connectivity index (χ3n) is 5.12. The summed E-state index contributed by atoms with van der Waals surface area (Å²) in [5, 5.41) is 10.8. The molecular weight excluding hydrogens is 520 g/mol. The lowest BCUT2D eigenvalue weighted by molar-refractivity contribution is -0.131. The molecule has 0 rings (SSSR count). The van der Waals surface area contributed by atoms with Gasteiger partial charge in [0.1, 0.15) is 12.8 Å². The lowest BCUT2D eigenvalue weighted by Crippen LogP contribution is -2.41. The third kappa shape index (κ3) is 19.8. The summed E-state index contributed by atoms with van der Waals surface area (Å²) in [6.07, 6.45) is 0.910. The first kappa shape index (κ1) is 35.1. The van der Waals surface area contributed by atoms with Crippen LogP contribution in [0.2, 0.25) is 12.1 Å². The van der Waals surface area contributed by atoms with Gasteiger partial charge in [-0.2, -0.15) is 0 Å². The van der Waals surface area contributed by atoms with Crippen LogP contribution < -0.4 is 21.3 Å². The Balaban J connectivity index is 3.94. The summed E-state index contributed by atoms with van der Waals surface area (Å²) in [4.78, 5) is 47.9. The SMILES string of the molecule is CO[SiH](CCCNC(=O)CC(=O)NC(C)COCC(C)NC(=O)CC(=O)NCCC[SiH](OC)OC)OC. The second-order valence-electron chi connectivity index (χ2n) is 8.61. The van der Waals surface area contributed by atoms with Crippen LogP contribution in [0.5, 0.6) is 0 Å². The maximum Gasteiger partial charge on any atom is 0.320 e. The van der Waals surface area contributed by atoms with Crippen molar-refractivity contribution in [2.24, 2.45) is 0 Å². The molecule has 15 heteroatoms. The maximum atomic E-state index is 12.0. The highest BCUT2D eigenvalue weighted by Crippen LogP contribution is 1.99. The van der Waals surface area contributed by atoms with Crippen molar-refractivity contribution in [3.05, 3.63) is 0 Å². The number of hydrogen-bond acceptors (Lipinski definition) is 9. The molecule has 4 amide bonds. The Morgan fingerprint density at radius 1 is 0.622 bits per heavy atom. The van der Waals surface area contributed by atoms with Crippen LogP contribution in [0.1, 0.15) is 39.5 Å². The van der Waals surface area contributed by atoms with Gasteiger partial charge in [0.2, 0.25) is 23.6 Å². The van der Waals surface area contributed by atoms with Gasteiger partial charge in [-0.15, -0.1) is 0 Å². The zero-order chi connectivity index (χ0) is 28.1. The molecule has 0 bridgehead atoms. The number of amides is 4. The molecule has 0 aromatic heterocycles. The van der Waals surface area contributed by atoms with Gasteiger partial charge in [0.25, 0.3) is 0 Å². The van der Waals surface area contributed by atoms with Gasteiger partial charge in [0.15, 0.2) is 0 Å². The van der Waals surface area contributed by atoms with Gasteiger partial charge in [-0.25, -0.2) is 0 Å². The van der Waals surface area contributed by atoms with E-state index in [1.165, 1.54) is 0 Å². The van der Waals surface area contributed by atoms with E-state index in [9.17, 15) is 19.2 Å². The van der Waals surface area contributed by atoms with Crippen molar-refractivity contribution in [1.29, 1.82) is 0 Å². The van der Waals surface area contributed by atoms with Crippen molar-refractivity contribution >= 4 is 42.2 Å². The third-order valence-corrected chi connectivity index (χ3v) is 8.98. The highest BCUT2D eigenvalue weighted by atomic mass is 28.3. The van der Waals surface area contributed by atoms with Gasteiger partial charge < -0.3 is 43.7 Å². The normalized spacial score (nSPS) is 12.8. The number of rotatable bonds is 22. The van der Waals surface area contributed by atoms with E-state index in [2.05, 4.69) is 21.3 Å². The van der Waals surface area contributed by atoms with E-state index in [0.717, 1.165) is 24.9 Å². The molecule has 0 spiro atoms. The highest BCUT2D eigenvalue weighted by Gasteiger charge is 2.16. The van der Waals surface area contributed by atoms with Gasteiger partial charge in [0.05, 0.1) is 13.2 Å². The Labute approximate surface area is 223 Å². The molecule has 0 radical (unpaired) electrons. The second kappa shape index (κ2) is 22.1. The smallest absolute Gasteiger partial charge is 0.320 e. The standard InChI is InChI=1S/C22H46N4O9Si2/c1-17(25-21(29)13-19(27)23-9-7-11-36(31-3)32-4)15-35-16-18(2)26-22(30)14-20(28)24-10-8-12-37(33-5)34-6/h17-18,36-37H,7-16H2,1-6H3,(H,23,27)(H,24,28)(H,25,29)(H,26,30). The predicted molar refractivity (Wildman–Crippen MR) is 142 cm³/mol. The molecule has 4 N–H and O–H groups in total. The fraction of sp³-hybridized carbons (Fsp3) is 0.818. The molecule has 0 fully saturated rings. The minimum absolute atomic E-state index is 0.210. The van der Waals surface area contributed by atoms with Crippen LogP contribution in [0.15, 0.2) is 0 Å². The molecule has 0 saturated heterocycles.